The van der Waals surface area contributed by atoms with Crippen LogP contribution < -0.4 is 5.32 Å². The Morgan fingerprint density at radius 1 is 1.29 bits per heavy atom. The quantitative estimate of drug-likeness (QED) is 0.694. The number of nitro groups is 1. The highest BCUT2D eigenvalue weighted by atomic mass is 19.1. The van der Waals surface area contributed by atoms with Crippen LogP contribution in [0.15, 0.2) is 42.5 Å². The van der Waals surface area contributed by atoms with E-state index in [4.69, 9.17) is 0 Å². The molecule has 2 rings (SSSR count). The van der Waals surface area contributed by atoms with Crippen molar-refractivity contribution in [3.05, 3.63) is 75.1 Å². The minimum Gasteiger partial charge on any atom is -0.348 e. The molecule has 0 bridgehead atoms. The lowest BCUT2D eigenvalue weighted by Gasteiger charge is -2.08. The predicted molar refractivity (Wildman–Crippen MR) is 75.4 cm³/mol. The number of nitrogens with one attached hydrogen (secondary N) is 1. The SMILES string of the molecule is Cc1ccccc1CNC(=O)c1ccc([N+](=O)[O-])c(F)c1. The maximum atomic E-state index is 13.5. The maximum absolute atomic E-state index is 13.5. The molecule has 2 aromatic carbocycles. The average Bonchev–Trinajstić information content (AvgIpc) is 2.45. The molecule has 1 N–H and O–H groups in total. The second-order valence-electron chi connectivity index (χ2n) is 4.53. The first-order valence-electron chi connectivity index (χ1n) is 6.25. The summed E-state index contributed by atoms with van der Waals surface area (Å²) in [5.41, 5.74) is 1.39. The van der Waals surface area contributed by atoms with Gasteiger partial charge in [0, 0.05) is 18.2 Å². The Kier molecular flexibility index (Phi) is 4.27. The maximum Gasteiger partial charge on any atom is 0.304 e. The molecule has 0 radical (unpaired) electrons. The summed E-state index contributed by atoms with van der Waals surface area (Å²) in [6, 6.07) is 10.6. The second-order valence-corrected chi connectivity index (χ2v) is 4.53. The van der Waals surface area contributed by atoms with Gasteiger partial charge in [0.15, 0.2) is 0 Å². The van der Waals surface area contributed by atoms with Crippen LogP contribution in [0.4, 0.5) is 10.1 Å². The van der Waals surface area contributed by atoms with E-state index in [1.165, 1.54) is 6.07 Å². The Labute approximate surface area is 120 Å². The van der Waals surface area contributed by atoms with Gasteiger partial charge in [-0.1, -0.05) is 24.3 Å². The predicted octanol–water partition coefficient (Wildman–Crippen LogP) is 2.97. The van der Waals surface area contributed by atoms with E-state index in [1.807, 2.05) is 31.2 Å². The second kappa shape index (κ2) is 6.13. The first kappa shape index (κ1) is 14.6. The van der Waals surface area contributed by atoms with Crippen molar-refractivity contribution < 1.29 is 14.1 Å². The number of hydrogen-bond acceptors (Lipinski definition) is 3. The van der Waals surface area contributed by atoms with Crippen LogP contribution in [-0.4, -0.2) is 10.8 Å². The third-order valence-electron chi connectivity index (χ3n) is 3.11. The Bertz CT molecular complexity index is 701. The van der Waals surface area contributed by atoms with Crippen LogP contribution in [0.25, 0.3) is 0 Å². The van der Waals surface area contributed by atoms with Crippen molar-refractivity contribution in [3.63, 3.8) is 0 Å². The van der Waals surface area contributed by atoms with Crippen molar-refractivity contribution >= 4 is 11.6 Å². The topological polar surface area (TPSA) is 72.2 Å². The molecule has 0 spiro atoms. The summed E-state index contributed by atoms with van der Waals surface area (Å²) in [6.07, 6.45) is 0. The van der Waals surface area contributed by atoms with E-state index >= 15 is 0 Å². The fraction of sp³-hybridized carbons (Fsp3) is 0.133. The largest absolute Gasteiger partial charge is 0.348 e. The highest BCUT2D eigenvalue weighted by Crippen LogP contribution is 2.18. The van der Waals surface area contributed by atoms with Crippen molar-refractivity contribution in [2.75, 3.05) is 0 Å². The number of nitro benzene ring substituents is 1. The van der Waals surface area contributed by atoms with Crippen molar-refractivity contribution in [2.24, 2.45) is 0 Å². The van der Waals surface area contributed by atoms with Crippen molar-refractivity contribution in [1.29, 1.82) is 0 Å². The third kappa shape index (κ3) is 3.42. The number of carbonyl (C=O) groups is 1. The van der Waals surface area contributed by atoms with Crippen LogP contribution in [0, 0.1) is 22.9 Å². The van der Waals surface area contributed by atoms with E-state index in [-0.39, 0.29) is 5.56 Å². The molecule has 1 amide bonds. The molecular formula is C15H13FN2O3. The molecule has 0 saturated heterocycles. The molecule has 5 nitrogen and oxygen atoms in total. The summed E-state index contributed by atoms with van der Waals surface area (Å²) in [5.74, 6) is -1.50. The van der Waals surface area contributed by atoms with Crippen LogP contribution in [0.3, 0.4) is 0 Å². The minimum atomic E-state index is -1.02. The number of nitrogens with zero attached hydrogens (tertiary/aromatic N) is 1. The van der Waals surface area contributed by atoms with Gasteiger partial charge in [0.1, 0.15) is 0 Å². The van der Waals surface area contributed by atoms with Crippen LogP contribution in [-0.2, 0) is 6.54 Å². The average molecular weight is 288 g/mol. The summed E-state index contributed by atoms with van der Waals surface area (Å²) in [7, 11) is 0. The summed E-state index contributed by atoms with van der Waals surface area (Å²) in [5, 5.41) is 13.2. The summed E-state index contributed by atoms with van der Waals surface area (Å²) in [4.78, 5) is 21.6. The van der Waals surface area contributed by atoms with Gasteiger partial charge in [0.25, 0.3) is 5.91 Å². The van der Waals surface area contributed by atoms with Gasteiger partial charge in [-0.3, -0.25) is 14.9 Å². The molecule has 0 unspecified atom stereocenters. The van der Waals surface area contributed by atoms with Crippen LogP contribution in [0.1, 0.15) is 21.5 Å². The first-order chi connectivity index (χ1) is 9.99. The lowest BCUT2D eigenvalue weighted by Crippen LogP contribution is -2.23. The van der Waals surface area contributed by atoms with E-state index in [1.54, 1.807) is 0 Å². The zero-order valence-corrected chi connectivity index (χ0v) is 11.3. The molecule has 0 atom stereocenters. The molecule has 6 heteroatoms. The smallest absolute Gasteiger partial charge is 0.304 e. The van der Waals surface area contributed by atoms with Gasteiger partial charge in [-0.15, -0.1) is 0 Å². The molecule has 2 aromatic rings. The summed E-state index contributed by atoms with van der Waals surface area (Å²) >= 11 is 0. The molecule has 0 saturated carbocycles. The summed E-state index contributed by atoms with van der Waals surface area (Å²) < 4.78 is 13.5. The van der Waals surface area contributed by atoms with Gasteiger partial charge in [0.2, 0.25) is 5.82 Å². The molecule has 21 heavy (non-hydrogen) atoms. The minimum absolute atomic E-state index is 0.0479. The molecular weight excluding hydrogens is 275 g/mol. The van der Waals surface area contributed by atoms with Gasteiger partial charge in [-0.25, -0.2) is 0 Å². The number of halogens is 1. The number of aryl methyl sites for hydroxylation is 1. The molecule has 0 aliphatic carbocycles. The molecule has 0 aromatic heterocycles. The number of hydrogen-bond donors (Lipinski definition) is 1. The van der Waals surface area contributed by atoms with E-state index in [9.17, 15) is 19.3 Å². The van der Waals surface area contributed by atoms with Gasteiger partial charge in [0.05, 0.1) is 4.92 Å². The van der Waals surface area contributed by atoms with Gasteiger partial charge >= 0.3 is 5.69 Å². The van der Waals surface area contributed by atoms with Crippen molar-refractivity contribution in [1.82, 2.24) is 5.32 Å². The van der Waals surface area contributed by atoms with E-state index in [2.05, 4.69) is 5.32 Å². The van der Waals surface area contributed by atoms with Crippen molar-refractivity contribution in [3.8, 4) is 0 Å². The number of benzene rings is 2. The number of amides is 1. The lowest BCUT2D eigenvalue weighted by molar-refractivity contribution is -0.387. The van der Waals surface area contributed by atoms with Crippen molar-refractivity contribution in [2.45, 2.75) is 13.5 Å². The van der Waals surface area contributed by atoms with Gasteiger partial charge < -0.3 is 5.32 Å². The van der Waals surface area contributed by atoms with Gasteiger partial charge in [-0.05, 0) is 30.2 Å². The zero-order chi connectivity index (χ0) is 15.4. The van der Waals surface area contributed by atoms with Gasteiger partial charge in [-0.2, -0.15) is 4.39 Å². The van der Waals surface area contributed by atoms with Crippen LogP contribution in [0.5, 0.6) is 0 Å². The van der Waals surface area contributed by atoms with E-state index in [0.717, 1.165) is 23.3 Å². The molecule has 0 fully saturated rings. The Morgan fingerprint density at radius 2 is 2.00 bits per heavy atom. The molecule has 0 aliphatic rings. The highest BCUT2D eigenvalue weighted by molar-refractivity contribution is 5.94. The molecule has 108 valence electrons. The number of rotatable bonds is 4. The first-order valence-corrected chi connectivity index (χ1v) is 6.25. The van der Waals surface area contributed by atoms with Crippen LogP contribution in [0.2, 0.25) is 0 Å². The molecule has 0 aliphatic heterocycles. The highest BCUT2D eigenvalue weighted by Gasteiger charge is 2.16. The fourth-order valence-electron chi connectivity index (χ4n) is 1.88. The van der Waals surface area contributed by atoms with Crippen LogP contribution >= 0.6 is 0 Å². The Balaban J connectivity index is 2.09. The third-order valence-corrected chi connectivity index (χ3v) is 3.11. The lowest BCUT2D eigenvalue weighted by atomic mass is 10.1. The Morgan fingerprint density at radius 3 is 2.62 bits per heavy atom. The number of carbonyl (C=O) groups excluding carboxylic acids is 1. The summed E-state index contributed by atoms with van der Waals surface area (Å²) in [6.45, 7) is 2.23. The normalized spacial score (nSPS) is 10.2. The molecule has 0 heterocycles. The fourth-order valence-corrected chi connectivity index (χ4v) is 1.88. The monoisotopic (exact) mass is 288 g/mol. The van der Waals surface area contributed by atoms with E-state index < -0.39 is 22.3 Å². The van der Waals surface area contributed by atoms with E-state index in [0.29, 0.717) is 6.54 Å². The standard InChI is InChI=1S/C15H13FN2O3/c1-10-4-2-3-5-12(10)9-17-15(19)11-6-7-14(18(20)21)13(16)8-11/h2-8H,9H2,1H3,(H,17,19). The zero-order valence-electron chi connectivity index (χ0n) is 11.3. The Hall–Kier alpha value is -2.76.